The molecule has 0 unspecified atom stereocenters. The number of hydrogen-bond acceptors (Lipinski definition) is 7. The molecule has 0 heterocycles. The molecule has 0 fully saturated rings. The molecule has 0 aromatic heterocycles. The van der Waals surface area contributed by atoms with Crippen LogP contribution in [0.1, 0.15) is 0 Å². The van der Waals surface area contributed by atoms with Gasteiger partial charge in [-0.3, -0.25) is 25.1 Å². The molecule has 0 aliphatic rings. The molecule has 0 N–H and O–H groups in total. The van der Waals surface area contributed by atoms with Gasteiger partial charge in [-0.25, -0.2) is 0 Å². The second-order valence-electron chi connectivity index (χ2n) is 2.48. The zero-order chi connectivity index (χ0) is 12.3. The first kappa shape index (κ1) is 11.3. The van der Waals surface area contributed by atoms with Gasteiger partial charge in [0.25, 0.3) is 10.8 Å². The molecule has 10 heteroatoms. The van der Waals surface area contributed by atoms with Crippen molar-refractivity contribution in [1.29, 1.82) is 0 Å². The molecule has 0 amide bonds. The Bertz CT molecular complexity index is 471. The summed E-state index contributed by atoms with van der Waals surface area (Å²) in [5, 5.41) is 29.5. The average Bonchev–Trinajstić information content (AvgIpc) is 2.16. The fourth-order valence-electron chi connectivity index (χ4n) is 0.920. The highest BCUT2D eigenvalue weighted by Gasteiger charge is 2.21. The van der Waals surface area contributed by atoms with E-state index in [1.54, 1.807) is 0 Å². The van der Waals surface area contributed by atoms with E-state index >= 15 is 0 Å². The third-order valence-electron chi connectivity index (χ3n) is 1.52. The fraction of sp³-hybridized carbons (Fsp3) is 0. The van der Waals surface area contributed by atoms with Crippen molar-refractivity contribution in [2.75, 3.05) is 0 Å². The lowest BCUT2D eigenvalue weighted by molar-refractivity contribution is -0.711. The van der Waals surface area contributed by atoms with E-state index in [0.717, 1.165) is 12.1 Å². The highest BCUT2D eigenvalue weighted by Crippen LogP contribution is 2.30. The normalized spacial score (nSPS) is 9.50. The lowest BCUT2D eigenvalue weighted by atomic mass is 10.2. The summed E-state index contributed by atoms with van der Waals surface area (Å²) in [6, 6.07) is 2.24. The molecule has 16 heavy (non-hydrogen) atoms. The standard InChI is InChI=1S/C6H3N3O7/c10-7(11)4-1-2-6(16-9(14)15)5(3-4)8(12)13/h1-3H. The van der Waals surface area contributed by atoms with Crippen molar-refractivity contribution >= 4 is 11.4 Å². The summed E-state index contributed by atoms with van der Waals surface area (Å²) in [4.78, 5) is 32.8. The zero-order valence-electron chi connectivity index (χ0n) is 7.43. The molecule has 0 bridgehead atoms. The predicted molar refractivity (Wildman–Crippen MR) is 47.4 cm³/mol. The first-order chi connectivity index (χ1) is 7.41. The number of nitrogens with zero attached hydrogens (tertiary/aromatic N) is 3. The van der Waals surface area contributed by atoms with Gasteiger partial charge in [0.05, 0.1) is 15.9 Å². The third-order valence-corrected chi connectivity index (χ3v) is 1.52. The number of nitro benzene ring substituents is 2. The maximum atomic E-state index is 10.5. The SMILES string of the molecule is O=[N+]([O-])Oc1ccc([N+](=O)[O-])cc1[N+](=O)[O-]. The van der Waals surface area contributed by atoms with Crippen LogP contribution in [0, 0.1) is 30.3 Å². The van der Waals surface area contributed by atoms with Crippen molar-refractivity contribution in [3.63, 3.8) is 0 Å². The van der Waals surface area contributed by atoms with Crippen LogP contribution in [0.5, 0.6) is 5.75 Å². The lowest BCUT2D eigenvalue weighted by Crippen LogP contribution is -2.06. The van der Waals surface area contributed by atoms with E-state index in [4.69, 9.17) is 0 Å². The van der Waals surface area contributed by atoms with E-state index < -0.39 is 32.1 Å². The van der Waals surface area contributed by atoms with Gasteiger partial charge in [-0.1, -0.05) is 0 Å². The highest BCUT2D eigenvalue weighted by molar-refractivity contribution is 5.53. The molecule has 10 nitrogen and oxygen atoms in total. The third kappa shape index (κ3) is 2.37. The molecule has 0 aliphatic heterocycles. The van der Waals surface area contributed by atoms with Crippen LogP contribution in [-0.4, -0.2) is 14.9 Å². The number of hydrogen-bond donors (Lipinski definition) is 0. The topological polar surface area (TPSA) is 139 Å². The molecule has 0 saturated carbocycles. The van der Waals surface area contributed by atoms with Crippen LogP contribution in [0.3, 0.4) is 0 Å². The monoisotopic (exact) mass is 229 g/mol. The molecule has 84 valence electrons. The van der Waals surface area contributed by atoms with Crippen LogP contribution < -0.4 is 4.84 Å². The van der Waals surface area contributed by atoms with Crippen LogP contribution >= 0.6 is 0 Å². The molecule has 0 aliphatic carbocycles. The van der Waals surface area contributed by atoms with Crippen molar-refractivity contribution in [2.24, 2.45) is 0 Å². The van der Waals surface area contributed by atoms with E-state index in [0.29, 0.717) is 6.07 Å². The molecular formula is C6H3N3O7. The molecule has 0 saturated heterocycles. The van der Waals surface area contributed by atoms with Gasteiger partial charge in [0.15, 0.2) is 0 Å². The largest absolute Gasteiger partial charge is 0.306 e. The van der Waals surface area contributed by atoms with Gasteiger partial charge in [0.1, 0.15) is 0 Å². The van der Waals surface area contributed by atoms with Gasteiger partial charge < -0.3 is 0 Å². The molecule has 1 aromatic rings. The van der Waals surface area contributed by atoms with Crippen molar-refractivity contribution in [3.05, 3.63) is 48.5 Å². The Balaban J connectivity index is 3.24. The van der Waals surface area contributed by atoms with Gasteiger partial charge in [-0.15, -0.1) is 10.1 Å². The number of nitro groups is 2. The highest BCUT2D eigenvalue weighted by atomic mass is 17.0. The van der Waals surface area contributed by atoms with Crippen molar-refractivity contribution in [1.82, 2.24) is 0 Å². The summed E-state index contributed by atoms with van der Waals surface area (Å²) < 4.78 is 0. The Morgan fingerprint density at radius 2 is 1.62 bits per heavy atom. The van der Waals surface area contributed by atoms with E-state index in [1.165, 1.54) is 0 Å². The second-order valence-corrected chi connectivity index (χ2v) is 2.48. The van der Waals surface area contributed by atoms with Gasteiger partial charge in [-0.2, -0.15) is 0 Å². The molecule has 0 atom stereocenters. The quantitative estimate of drug-likeness (QED) is 0.555. The first-order valence-electron chi connectivity index (χ1n) is 3.67. The van der Waals surface area contributed by atoms with Gasteiger partial charge in [0.2, 0.25) is 5.75 Å². The smallest absolute Gasteiger partial charge is 0.269 e. The second kappa shape index (κ2) is 4.16. The maximum absolute atomic E-state index is 10.5. The van der Waals surface area contributed by atoms with E-state index in [9.17, 15) is 30.3 Å². The van der Waals surface area contributed by atoms with E-state index in [2.05, 4.69) is 4.84 Å². The van der Waals surface area contributed by atoms with Crippen LogP contribution in [-0.2, 0) is 0 Å². The van der Waals surface area contributed by atoms with Gasteiger partial charge in [-0.05, 0) is 6.07 Å². The minimum atomic E-state index is -1.24. The van der Waals surface area contributed by atoms with Gasteiger partial charge >= 0.3 is 5.69 Å². The van der Waals surface area contributed by atoms with E-state index in [1.807, 2.05) is 0 Å². The maximum Gasteiger partial charge on any atom is 0.306 e. The molecule has 0 spiro atoms. The predicted octanol–water partition coefficient (Wildman–Crippen LogP) is 1.07. The summed E-state index contributed by atoms with van der Waals surface area (Å²) in [5.74, 6) is -0.666. The molecule has 1 rings (SSSR count). The average molecular weight is 229 g/mol. The summed E-state index contributed by atoms with van der Waals surface area (Å²) in [7, 11) is 0. The minimum Gasteiger partial charge on any atom is -0.269 e. The Kier molecular flexibility index (Phi) is 2.94. The zero-order valence-corrected chi connectivity index (χ0v) is 7.43. The summed E-state index contributed by atoms with van der Waals surface area (Å²) in [6.07, 6.45) is 0. The van der Waals surface area contributed by atoms with E-state index in [-0.39, 0.29) is 0 Å². The van der Waals surface area contributed by atoms with Crippen LogP contribution in [0.15, 0.2) is 18.2 Å². The fourth-order valence-corrected chi connectivity index (χ4v) is 0.920. The Morgan fingerprint density at radius 1 is 1.00 bits per heavy atom. The number of benzene rings is 1. The van der Waals surface area contributed by atoms with Crippen LogP contribution in [0.25, 0.3) is 0 Å². The van der Waals surface area contributed by atoms with Crippen molar-refractivity contribution in [3.8, 4) is 5.75 Å². The van der Waals surface area contributed by atoms with Crippen LogP contribution in [0.4, 0.5) is 11.4 Å². The Morgan fingerprint density at radius 3 is 2.06 bits per heavy atom. The summed E-state index contributed by atoms with van der Waals surface area (Å²) in [6.45, 7) is 0. The summed E-state index contributed by atoms with van der Waals surface area (Å²) in [5.41, 5.74) is -1.40. The van der Waals surface area contributed by atoms with Crippen LogP contribution in [0.2, 0.25) is 0 Å². The van der Waals surface area contributed by atoms with Crippen molar-refractivity contribution < 1.29 is 19.8 Å². The summed E-state index contributed by atoms with van der Waals surface area (Å²) >= 11 is 0. The number of rotatable bonds is 4. The Labute approximate surface area is 86.5 Å². The minimum absolute atomic E-state index is 0.553. The number of non-ortho nitro benzene ring substituents is 1. The Hall–Kier alpha value is -2.78. The van der Waals surface area contributed by atoms with Crippen molar-refractivity contribution in [2.45, 2.75) is 0 Å². The molecule has 1 aromatic carbocycles. The lowest BCUT2D eigenvalue weighted by Gasteiger charge is -1.99. The molecule has 0 radical (unpaired) electrons. The van der Waals surface area contributed by atoms with Gasteiger partial charge in [0, 0.05) is 6.07 Å². The first-order valence-corrected chi connectivity index (χ1v) is 3.67. The molecular weight excluding hydrogens is 226 g/mol.